The average molecular weight is 197 g/mol. The van der Waals surface area contributed by atoms with Gasteiger partial charge in [0.25, 0.3) is 0 Å². The van der Waals surface area contributed by atoms with Gasteiger partial charge in [0.05, 0.1) is 5.69 Å². The normalized spacial score (nSPS) is 11.7. The highest BCUT2D eigenvalue weighted by molar-refractivity contribution is 5.86. The zero-order valence-corrected chi connectivity index (χ0v) is 8.59. The Balaban J connectivity index is 3.20. The van der Waals surface area contributed by atoms with E-state index >= 15 is 0 Å². The first-order valence-electron chi connectivity index (χ1n) is 4.39. The van der Waals surface area contributed by atoms with Gasteiger partial charge in [-0.05, 0) is 0 Å². The van der Waals surface area contributed by atoms with Crippen LogP contribution in [-0.2, 0) is 12.0 Å². The number of carboxylic acid groups (broad SMARTS) is 1. The quantitative estimate of drug-likeness (QED) is 0.655. The number of nitrogens with zero attached hydrogens (tertiary/aromatic N) is 1. The van der Waals surface area contributed by atoms with E-state index in [0.717, 1.165) is 0 Å². The number of nitrogens with one attached hydrogen (secondary N) is 1. The molecule has 0 unspecified atom stereocenters. The fourth-order valence-electron chi connectivity index (χ4n) is 1.09. The molecule has 1 rings (SSSR count). The lowest BCUT2D eigenvalue weighted by molar-refractivity contribution is 0.0689. The Labute approximate surface area is 82.3 Å². The maximum Gasteiger partial charge on any atom is 0.356 e. The third-order valence-electron chi connectivity index (χ3n) is 1.90. The van der Waals surface area contributed by atoms with Crippen LogP contribution in [0.3, 0.4) is 0 Å². The minimum absolute atomic E-state index is 0.0254. The number of hydrogen-bond donors (Lipinski definition) is 3. The SMILES string of the molecule is CC(C)(C)c1nc(C(=O)O)c(CN)[nH]1. The molecule has 0 amide bonds. The molecule has 0 bridgehead atoms. The van der Waals surface area contributed by atoms with E-state index in [1.54, 1.807) is 0 Å². The summed E-state index contributed by atoms with van der Waals surface area (Å²) in [6, 6.07) is 0. The Morgan fingerprint density at radius 2 is 2.14 bits per heavy atom. The van der Waals surface area contributed by atoms with E-state index in [2.05, 4.69) is 9.97 Å². The van der Waals surface area contributed by atoms with E-state index in [1.807, 2.05) is 20.8 Å². The third kappa shape index (κ3) is 1.93. The molecule has 0 aliphatic rings. The monoisotopic (exact) mass is 197 g/mol. The van der Waals surface area contributed by atoms with Crippen molar-refractivity contribution in [3.05, 3.63) is 17.2 Å². The van der Waals surface area contributed by atoms with Gasteiger partial charge in [0, 0.05) is 12.0 Å². The van der Waals surface area contributed by atoms with Crippen molar-refractivity contribution in [1.29, 1.82) is 0 Å². The Kier molecular flexibility index (Phi) is 2.62. The summed E-state index contributed by atoms with van der Waals surface area (Å²) in [7, 11) is 0. The second-order valence-electron chi connectivity index (χ2n) is 4.17. The molecule has 0 spiro atoms. The van der Waals surface area contributed by atoms with Crippen molar-refractivity contribution >= 4 is 5.97 Å². The van der Waals surface area contributed by atoms with E-state index in [0.29, 0.717) is 11.5 Å². The molecule has 0 aliphatic carbocycles. The van der Waals surface area contributed by atoms with E-state index in [4.69, 9.17) is 10.8 Å². The number of carbonyl (C=O) groups is 1. The highest BCUT2D eigenvalue weighted by Gasteiger charge is 2.22. The smallest absolute Gasteiger partial charge is 0.356 e. The number of aromatic carboxylic acids is 1. The standard InChI is InChI=1S/C9H15N3O2/c1-9(2,3)8-11-5(4-10)6(12-8)7(13)14/h4,10H2,1-3H3,(H,11,12)(H,13,14). The van der Waals surface area contributed by atoms with Gasteiger partial charge in [-0.3, -0.25) is 0 Å². The van der Waals surface area contributed by atoms with Crippen molar-refractivity contribution in [2.75, 3.05) is 0 Å². The Bertz CT molecular complexity index is 349. The topological polar surface area (TPSA) is 92.0 Å². The minimum Gasteiger partial charge on any atom is -0.476 e. The van der Waals surface area contributed by atoms with Crippen molar-refractivity contribution in [3.63, 3.8) is 0 Å². The third-order valence-corrected chi connectivity index (χ3v) is 1.90. The van der Waals surface area contributed by atoms with Crippen LogP contribution >= 0.6 is 0 Å². The highest BCUT2D eigenvalue weighted by Crippen LogP contribution is 2.20. The molecule has 1 aromatic heterocycles. The number of imidazole rings is 1. The molecule has 0 radical (unpaired) electrons. The first-order chi connectivity index (χ1) is 6.36. The zero-order chi connectivity index (χ0) is 10.9. The Morgan fingerprint density at radius 3 is 2.43 bits per heavy atom. The summed E-state index contributed by atoms with van der Waals surface area (Å²) in [6.45, 7) is 6.03. The predicted molar refractivity (Wildman–Crippen MR) is 52.1 cm³/mol. The van der Waals surface area contributed by atoms with E-state index in [9.17, 15) is 4.79 Å². The molecular weight excluding hydrogens is 182 g/mol. The summed E-state index contributed by atoms with van der Waals surface area (Å²) in [5.74, 6) is -0.396. The molecule has 1 aromatic rings. The van der Waals surface area contributed by atoms with Crippen LogP contribution in [0.2, 0.25) is 0 Å². The van der Waals surface area contributed by atoms with Crippen LogP contribution in [0.1, 0.15) is 42.8 Å². The second kappa shape index (κ2) is 3.42. The van der Waals surface area contributed by atoms with Gasteiger partial charge in [-0.1, -0.05) is 20.8 Å². The number of aromatic amines is 1. The zero-order valence-electron chi connectivity index (χ0n) is 8.59. The number of rotatable bonds is 2. The van der Waals surface area contributed by atoms with Crippen LogP contribution in [0.5, 0.6) is 0 Å². The summed E-state index contributed by atoms with van der Waals surface area (Å²) < 4.78 is 0. The van der Waals surface area contributed by atoms with Crippen LogP contribution in [0, 0.1) is 0 Å². The lowest BCUT2D eigenvalue weighted by atomic mass is 9.96. The molecule has 0 saturated heterocycles. The largest absolute Gasteiger partial charge is 0.476 e. The van der Waals surface area contributed by atoms with E-state index in [1.165, 1.54) is 0 Å². The van der Waals surface area contributed by atoms with Gasteiger partial charge in [0.15, 0.2) is 5.69 Å². The molecule has 0 saturated carbocycles. The molecule has 0 aliphatic heterocycles. The predicted octanol–water partition coefficient (Wildman–Crippen LogP) is 0.864. The van der Waals surface area contributed by atoms with Crippen LogP contribution in [0.15, 0.2) is 0 Å². The molecule has 0 atom stereocenters. The van der Waals surface area contributed by atoms with Gasteiger partial charge in [-0.25, -0.2) is 9.78 Å². The van der Waals surface area contributed by atoms with Gasteiger partial charge in [0.2, 0.25) is 0 Å². The fraction of sp³-hybridized carbons (Fsp3) is 0.556. The second-order valence-corrected chi connectivity index (χ2v) is 4.17. The summed E-state index contributed by atoms with van der Waals surface area (Å²) in [6.07, 6.45) is 0. The van der Waals surface area contributed by atoms with Crippen molar-refractivity contribution in [1.82, 2.24) is 9.97 Å². The van der Waals surface area contributed by atoms with Crippen molar-refractivity contribution in [3.8, 4) is 0 Å². The van der Waals surface area contributed by atoms with Crippen LogP contribution in [0.25, 0.3) is 0 Å². The average Bonchev–Trinajstić information content (AvgIpc) is 2.45. The number of H-pyrrole nitrogens is 1. The van der Waals surface area contributed by atoms with Gasteiger partial charge < -0.3 is 15.8 Å². The summed E-state index contributed by atoms with van der Waals surface area (Å²) in [4.78, 5) is 17.7. The number of hydrogen-bond acceptors (Lipinski definition) is 3. The molecule has 1 heterocycles. The Morgan fingerprint density at radius 1 is 1.57 bits per heavy atom. The molecule has 0 aromatic carbocycles. The first-order valence-corrected chi connectivity index (χ1v) is 4.39. The maximum atomic E-state index is 10.8. The summed E-state index contributed by atoms with van der Waals surface area (Å²) in [5, 5.41) is 8.84. The molecule has 0 fully saturated rings. The van der Waals surface area contributed by atoms with Gasteiger partial charge in [-0.15, -0.1) is 0 Å². The Hall–Kier alpha value is -1.36. The lowest BCUT2D eigenvalue weighted by Crippen LogP contribution is -2.13. The molecule has 14 heavy (non-hydrogen) atoms. The lowest BCUT2D eigenvalue weighted by Gasteiger charge is -2.13. The minimum atomic E-state index is -1.04. The number of aromatic nitrogens is 2. The summed E-state index contributed by atoms with van der Waals surface area (Å²) >= 11 is 0. The van der Waals surface area contributed by atoms with Crippen LogP contribution in [0.4, 0.5) is 0 Å². The van der Waals surface area contributed by atoms with Gasteiger partial charge in [0.1, 0.15) is 5.82 Å². The van der Waals surface area contributed by atoms with E-state index in [-0.39, 0.29) is 17.7 Å². The highest BCUT2D eigenvalue weighted by atomic mass is 16.4. The number of nitrogens with two attached hydrogens (primary N) is 1. The molecule has 78 valence electrons. The molecule has 5 heteroatoms. The van der Waals surface area contributed by atoms with Crippen LogP contribution < -0.4 is 5.73 Å². The van der Waals surface area contributed by atoms with Gasteiger partial charge >= 0.3 is 5.97 Å². The van der Waals surface area contributed by atoms with Crippen molar-refractivity contribution in [2.45, 2.75) is 32.7 Å². The first kappa shape index (κ1) is 10.7. The number of carboxylic acids is 1. The van der Waals surface area contributed by atoms with Gasteiger partial charge in [-0.2, -0.15) is 0 Å². The van der Waals surface area contributed by atoms with Crippen molar-refractivity contribution in [2.24, 2.45) is 5.73 Å². The van der Waals surface area contributed by atoms with Crippen LogP contribution in [-0.4, -0.2) is 21.0 Å². The fourth-order valence-corrected chi connectivity index (χ4v) is 1.09. The summed E-state index contributed by atoms with van der Waals surface area (Å²) in [5.41, 5.74) is 5.71. The molecule has 4 N–H and O–H groups in total. The van der Waals surface area contributed by atoms with Crippen molar-refractivity contribution < 1.29 is 9.90 Å². The molecular formula is C9H15N3O2. The van der Waals surface area contributed by atoms with E-state index < -0.39 is 5.97 Å². The molecule has 5 nitrogen and oxygen atoms in total. The maximum absolute atomic E-state index is 10.8.